The van der Waals surface area contributed by atoms with Gasteiger partial charge in [0.1, 0.15) is 11.6 Å². The Hall–Kier alpha value is -3.67. The number of halogens is 1. The Balaban J connectivity index is 1.64. The average molecular weight is 390 g/mol. The number of ether oxygens (including phenoxy) is 1. The van der Waals surface area contributed by atoms with E-state index in [2.05, 4.69) is 5.32 Å². The zero-order valence-corrected chi connectivity index (χ0v) is 15.8. The smallest absolute Gasteiger partial charge is 0.268 e. The van der Waals surface area contributed by atoms with Crippen LogP contribution in [0.15, 0.2) is 72.8 Å². The number of hydrogen-bond acceptors (Lipinski definition) is 3. The molecule has 0 aromatic heterocycles. The summed E-state index contributed by atoms with van der Waals surface area (Å²) in [5.74, 6) is -0.772. The maximum absolute atomic E-state index is 13.9. The summed E-state index contributed by atoms with van der Waals surface area (Å²) in [5, 5.41) is 2.69. The van der Waals surface area contributed by atoms with Crippen molar-refractivity contribution in [2.24, 2.45) is 0 Å². The van der Waals surface area contributed by atoms with Gasteiger partial charge in [0.25, 0.3) is 11.8 Å². The standard InChI is InChI=1S/C23H19FN2O3/c1-15-23(28)26(14-16-7-3-2-4-8-16)20-13-17(11-12-21(20)29-15)25-22(27)18-9-5-6-10-19(18)24/h2-13,15H,14H2,1H3,(H,25,27). The van der Waals surface area contributed by atoms with Crippen LogP contribution in [0.1, 0.15) is 22.8 Å². The first-order chi connectivity index (χ1) is 14.0. The van der Waals surface area contributed by atoms with Crippen LogP contribution in [0.25, 0.3) is 0 Å². The van der Waals surface area contributed by atoms with Gasteiger partial charge >= 0.3 is 0 Å². The summed E-state index contributed by atoms with van der Waals surface area (Å²) in [6.07, 6.45) is -0.606. The second kappa shape index (κ2) is 7.75. The first-order valence-electron chi connectivity index (χ1n) is 9.25. The summed E-state index contributed by atoms with van der Waals surface area (Å²) in [5.41, 5.74) is 1.93. The summed E-state index contributed by atoms with van der Waals surface area (Å²) in [6.45, 7) is 2.09. The van der Waals surface area contributed by atoms with Crippen molar-refractivity contribution in [1.29, 1.82) is 0 Å². The Kier molecular flexibility index (Phi) is 4.99. The molecule has 146 valence electrons. The van der Waals surface area contributed by atoms with E-state index in [-0.39, 0.29) is 11.5 Å². The van der Waals surface area contributed by atoms with Crippen molar-refractivity contribution in [3.05, 3.63) is 89.7 Å². The molecule has 4 rings (SSSR count). The first kappa shape index (κ1) is 18.7. The summed E-state index contributed by atoms with van der Waals surface area (Å²) < 4.78 is 19.6. The van der Waals surface area contributed by atoms with Crippen molar-refractivity contribution in [2.75, 3.05) is 10.2 Å². The van der Waals surface area contributed by atoms with E-state index in [0.29, 0.717) is 23.7 Å². The number of benzene rings is 3. The number of rotatable bonds is 4. The summed E-state index contributed by atoms with van der Waals surface area (Å²) >= 11 is 0. The highest BCUT2D eigenvalue weighted by atomic mass is 19.1. The minimum Gasteiger partial charge on any atom is -0.479 e. The summed E-state index contributed by atoms with van der Waals surface area (Å²) in [7, 11) is 0. The van der Waals surface area contributed by atoms with Crippen LogP contribution in [0.4, 0.5) is 15.8 Å². The molecule has 2 amide bonds. The highest BCUT2D eigenvalue weighted by molar-refractivity contribution is 6.05. The Morgan fingerprint density at radius 2 is 1.79 bits per heavy atom. The zero-order chi connectivity index (χ0) is 20.4. The number of amides is 2. The van der Waals surface area contributed by atoms with Gasteiger partial charge in [0.15, 0.2) is 6.10 Å². The third-order valence-electron chi connectivity index (χ3n) is 4.73. The van der Waals surface area contributed by atoms with E-state index in [1.165, 1.54) is 18.2 Å². The van der Waals surface area contributed by atoms with Gasteiger partial charge in [-0.2, -0.15) is 0 Å². The zero-order valence-electron chi connectivity index (χ0n) is 15.8. The number of nitrogens with zero attached hydrogens (tertiary/aromatic N) is 1. The van der Waals surface area contributed by atoms with Crippen LogP contribution in [-0.4, -0.2) is 17.9 Å². The minimum absolute atomic E-state index is 0.0488. The Labute approximate surface area is 167 Å². The second-order valence-electron chi connectivity index (χ2n) is 6.79. The minimum atomic E-state index is -0.606. The number of hydrogen-bond donors (Lipinski definition) is 1. The topological polar surface area (TPSA) is 58.6 Å². The molecule has 1 unspecified atom stereocenters. The monoisotopic (exact) mass is 390 g/mol. The van der Waals surface area contributed by atoms with Crippen molar-refractivity contribution >= 4 is 23.2 Å². The van der Waals surface area contributed by atoms with Crippen molar-refractivity contribution in [1.82, 2.24) is 0 Å². The molecule has 0 saturated heterocycles. The Bertz CT molecular complexity index is 1070. The second-order valence-corrected chi connectivity index (χ2v) is 6.79. The number of fused-ring (bicyclic) bond motifs is 1. The van der Waals surface area contributed by atoms with Crippen LogP contribution in [0.2, 0.25) is 0 Å². The SMILES string of the molecule is CC1Oc2ccc(NC(=O)c3ccccc3F)cc2N(Cc2ccccc2)C1=O. The molecule has 3 aromatic rings. The van der Waals surface area contributed by atoms with Gasteiger partial charge < -0.3 is 15.0 Å². The van der Waals surface area contributed by atoms with Crippen molar-refractivity contribution in [3.63, 3.8) is 0 Å². The third-order valence-corrected chi connectivity index (χ3v) is 4.73. The van der Waals surface area contributed by atoms with Gasteiger partial charge in [0.05, 0.1) is 17.8 Å². The van der Waals surface area contributed by atoms with Crippen LogP contribution in [0.3, 0.4) is 0 Å². The summed E-state index contributed by atoms with van der Waals surface area (Å²) in [4.78, 5) is 26.8. The van der Waals surface area contributed by atoms with Gasteiger partial charge in [0, 0.05) is 5.69 Å². The average Bonchev–Trinajstić information content (AvgIpc) is 2.73. The largest absolute Gasteiger partial charge is 0.479 e. The van der Waals surface area contributed by atoms with Crippen LogP contribution >= 0.6 is 0 Å². The maximum atomic E-state index is 13.9. The fourth-order valence-corrected chi connectivity index (χ4v) is 3.26. The van der Waals surface area contributed by atoms with Crippen molar-refractivity contribution in [3.8, 4) is 5.75 Å². The fraction of sp³-hybridized carbons (Fsp3) is 0.130. The number of anilines is 2. The molecule has 6 heteroatoms. The highest BCUT2D eigenvalue weighted by Crippen LogP contribution is 2.37. The van der Waals surface area contributed by atoms with E-state index in [0.717, 1.165) is 5.56 Å². The van der Waals surface area contributed by atoms with Gasteiger partial charge in [-0.1, -0.05) is 42.5 Å². The van der Waals surface area contributed by atoms with Crippen LogP contribution in [0.5, 0.6) is 5.75 Å². The molecule has 0 aliphatic carbocycles. The van der Waals surface area contributed by atoms with Crippen LogP contribution in [0, 0.1) is 5.82 Å². The van der Waals surface area contributed by atoms with E-state index >= 15 is 0 Å². The van der Waals surface area contributed by atoms with Crippen molar-refractivity contribution in [2.45, 2.75) is 19.6 Å². The number of nitrogens with one attached hydrogen (secondary N) is 1. The highest BCUT2D eigenvalue weighted by Gasteiger charge is 2.31. The number of carbonyl (C=O) groups excluding carboxylic acids is 2. The van der Waals surface area contributed by atoms with Gasteiger partial charge in [0.2, 0.25) is 0 Å². The lowest BCUT2D eigenvalue weighted by atomic mass is 10.1. The molecule has 1 N–H and O–H groups in total. The normalized spacial score (nSPS) is 15.4. The lowest BCUT2D eigenvalue weighted by molar-refractivity contribution is -0.125. The molecular weight excluding hydrogens is 371 g/mol. The molecule has 1 aliphatic heterocycles. The quantitative estimate of drug-likeness (QED) is 0.719. The lowest BCUT2D eigenvalue weighted by Gasteiger charge is -2.33. The van der Waals surface area contributed by atoms with E-state index in [1.807, 2.05) is 30.3 Å². The van der Waals surface area contributed by atoms with E-state index in [4.69, 9.17) is 4.74 Å². The molecule has 0 saturated carbocycles. The van der Waals surface area contributed by atoms with E-state index in [9.17, 15) is 14.0 Å². The fourth-order valence-electron chi connectivity index (χ4n) is 3.26. The molecule has 0 spiro atoms. The Morgan fingerprint density at radius 1 is 1.07 bits per heavy atom. The van der Waals surface area contributed by atoms with E-state index in [1.54, 1.807) is 36.1 Å². The first-order valence-corrected chi connectivity index (χ1v) is 9.25. The molecule has 3 aromatic carbocycles. The lowest BCUT2D eigenvalue weighted by Crippen LogP contribution is -2.44. The molecular formula is C23H19FN2O3. The molecule has 1 atom stereocenters. The predicted molar refractivity (Wildman–Crippen MR) is 109 cm³/mol. The molecule has 29 heavy (non-hydrogen) atoms. The van der Waals surface area contributed by atoms with E-state index < -0.39 is 17.8 Å². The van der Waals surface area contributed by atoms with Gasteiger partial charge in [-0.25, -0.2) is 4.39 Å². The maximum Gasteiger partial charge on any atom is 0.268 e. The summed E-state index contributed by atoms with van der Waals surface area (Å²) in [6, 6.07) is 20.4. The van der Waals surface area contributed by atoms with Crippen LogP contribution in [-0.2, 0) is 11.3 Å². The number of carbonyl (C=O) groups is 2. The molecule has 5 nitrogen and oxygen atoms in total. The van der Waals surface area contributed by atoms with Gasteiger partial charge in [-0.05, 0) is 42.8 Å². The third kappa shape index (κ3) is 3.82. The molecule has 1 aliphatic rings. The van der Waals surface area contributed by atoms with Gasteiger partial charge in [-0.3, -0.25) is 9.59 Å². The van der Waals surface area contributed by atoms with Crippen LogP contribution < -0.4 is 15.0 Å². The molecule has 0 fully saturated rings. The molecule has 0 bridgehead atoms. The molecule has 0 radical (unpaired) electrons. The Morgan fingerprint density at radius 3 is 2.55 bits per heavy atom. The van der Waals surface area contributed by atoms with Crippen molar-refractivity contribution < 1.29 is 18.7 Å². The predicted octanol–water partition coefficient (Wildman–Crippen LogP) is 4.39. The molecule has 1 heterocycles. The van der Waals surface area contributed by atoms with Gasteiger partial charge in [-0.15, -0.1) is 0 Å².